The van der Waals surface area contributed by atoms with Gasteiger partial charge in [0.05, 0.1) is 16.1 Å². The molecular formula is C16H23Cl2NO. The molecule has 1 heterocycles. The summed E-state index contributed by atoms with van der Waals surface area (Å²) in [5.74, 6) is 0. The number of rotatable bonds is 3. The predicted molar refractivity (Wildman–Crippen MR) is 85.5 cm³/mol. The van der Waals surface area contributed by atoms with Gasteiger partial charge < -0.3 is 5.11 Å². The largest absolute Gasteiger partial charge is 0.386 e. The maximum atomic E-state index is 10.8. The highest BCUT2D eigenvalue weighted by Gasteiger charge is 2.36. The summed E-state index contributed by atoms with van der Waals surface area (Å²) in [6.45, 7) is 6.23. The summed E-state index contributed by atoms with van der Waals surface area (Å²) in [4.78, 5) is 2.38. The van der Waals surface area contributed by atoms with Gasteiger partial charge in [-0.1, -0.05) is 48.2 Å². The Morgan fingerprint density at radius 3 is 2.30 bits per heavy atom. The molecule has 0 bridgehead atoms. The van der Waals surface area contributed by atoms with Crippen LogP contribution < -0.4 is 0 Å². The van der Waals surface area contributed by atoms with E-state index in [1.807, 2.05) is 12.1 Å². The number of aliphatic hydroxyl groups is 1. The lowest BCUT2D eigenvalue weighted by Crippen LogP contribution is -2.48. The van der Waals surface area contributed by atoms with Crippen LogP contribution in [0.4, 0.5) is 0 Å². The molecule has 2 nitrogen and oxygen atoms in total. The normalized spacial score (nSPS) is 19.6. The van der Waals surface area contributed by atoms with Crippen LogP contribution in [0.2, 0.25) is 10.0 Å². The van der Waals surface area contributed by atoms with Crippen molar-refractivity contribution in [2.75, 3.05) is 13.1 Å². The van der Waals surface area contributed by atoms with Crippen molar-refractivity contribution in [3.63, 3.8) is 0 Å². The van der Waals surface area contributed by atoms with Crippen LogP contribution in [0.5, 0.6) is 0 Å². The van der Waals surface area contributed by atoms with E-state index in [4.69, 9.17) is 23.2 Å². The second-order valence-electron chi connectivity index (χ2n) is 6.10. The zero-order chi connectivity index (χ0) is 14.8. The van der Waals surface area contributed by atoms with Gasteiger partial charge in [0.25, 0.3) is 0 Å². The summed E-state index contributed by atoms with van der Waals surface area (Å²) >= 11 is 12.3. The molecule has 1 N–H and O–H groups in total. The van der Waals surface area contributed by atoms with Crippen molar-refractivity contribution in [3.8, 4) is 0 Å². The Labute approximate surface area is 131 Å². The highest BCUT2D eigenvalue weighted by molar-refractivity contribution is 6.42. The molecule has 1 aromatic rings. The average Bonchev–Trinajstić information content (AvgIpc) is 2.70. The Balaban J connectivity index is 2.25. The minimum absolute atomic E-state index is 0.349. The van der Waals surface area contributed by atoms with Gasteiger partial charge in [-0.2, -0.15) is 0 Å². The minimum atomic E-state index is -0.646. The first kappa shape index (κ1) is 16.1. The van der Waals surface area contributed by atoms with E-state index in [0.717, 1.165) is 13.1 Å². The van der Waals surface area contributed by atoms with Crippen LogP contribution in [-0.2, 0) is 0 Å². The van der Waals surface area contributed by atoms with Gasteiger partial charge in [0, 0.05) is 11.1 Å². The van der Waals surface area contributed by atoms with Crippen molar-refractivity contribution in [2.45, 2.75) is 51.2 Å². The second-order valence-corrected chi connectivity index (χ2v) is 6.89. The van der Waals surface area contributed by atoms with E-state index in [9.17, 15) is 5.11 Å². The molecule has 0 saturated carbocycles. The van der Waals surface area contributed by atoms with E-state index < -0.39 is 6.10 Å². The number of likely N-dealkylation sites (tertiary alicyclic amines) is 1. The molecule has 1 aliphatic rings. The van der Waals surface area contributed by atoms with Gasteiger partial charge in [0.2, 0.25) is 0 Å². The van der Waals surface area contributed by atoms with Crippen LogP contribution in [0.15, 0.2) is 18.2 Å². The Kier molecular flexibility index (Phi) is 5.36. The van der Waals surface area contributed by atoms with Crippen molar-refractivity contribution in [2.24, 2.45) is 0 Å². The molecule has 1 aromatic carbocycles. The van der Waals surface area contributed by atoms with Crippen LogP contribution in [0.1, 0.15) is 51.2 Å². The molecule has 1 unspecified atom stereocenters. The van der Waals surface area contributed by atoms with E-state index in [-0.39, 0.29) is 5.54 Å². The van der Waals surface area contributed by atoms with Crippen molar-refractivity contribution >= 4 is 23.2 Å². The van der Waals surface area contributed by atoms with E-state index in [2.05, 4.69) is 18.7 Å². The van der Waals surface area contributed by atoms with Gasteiger partial charge in [0.1, 0.15) is 0 Å². The standard InChI is InChI=1S/C16H23Cl2NO/c1-16(2,19-10-5-3-4-6-11-19)15(20)12-8-7-9-13(17)14(12)18/h7-9,15,20H,3-6,10-11H2,1-2H3. The van der Waals surface area contributed by atoms with Gasteiger partial charge in [-0.15, -0.1) is 0 Å². The molecule has 1 fully saturated rings. The van der Waals surface area contributed by atoms with Gasteiger partial charge in [-0.25, -0.2) is 0 Å². The summed E-state index contributed by atoms with van der Waals surface area (Å²) in [5.41, 5.74) is 0.368. The third-order valence-electron chi connectivity index (χ3n) is 4.37. The van der Waals surface area contributed by atoms with Crippen molar-refractivity contribution < 1.29 is 5.11 Å². The lowest BCUT2D eigenvalue weighted by molar-refractivity contribution is -0.00994. The fourth-order valence-corrected chi connectivity index (χ4v) is 3.34. The summed E-state index contributed by atoms with van der Waals surface area (Å²) in [6, 6.07) is 5.45. The smallest absolute Gasteiger partial charge is 0.0983 e. The zero-order valence-electron chi connectivity index (χ0n) is 12.2. The summed E-state index contributed by atoms with van der Waals surface area (Å²) in [6.07, 6.45) is 4.30. The van der Waals surface area contributed by atoms with Crippen LogP contribution in [0.3, 0.4) is 0 Å². The highest BCUT2D eigenvalue weighted by Crippen LogP contribution is 2.38. The van der Waals surface area contributed by atoms with E-state index in [1.165, 1.54) is 25.7 Å². The summed E-state index contributed by atoms with van der Waals surface area (Å²) in [5, 5.41) is 11.8. The summed E-state index contributed by atoms with van der Waals surface area (Å²) < 4.78 is 0. The molecule has 0 aliphatic carbocycles. The molecule has 20 heavy (non-hydrogen) atoms. The lowest BCUT2D eigenvalue weighted by atomic mass is 9.89. The number of aliphatic hydroxyl groups excluding tert-OH is 1. The fourth-order valence-electron chi connectivity index (χ4n) is 2.93. The maximum absolute atomic E-state index is 10.8. The van der Waals surface area contributed by atoms with Crippen LogP contribution in [0.25, 0.3) is 0 Å². The summed E-state index contributed by atoms with van der Waals surface area (Å²) in [7, 11) is 0. The molecule has 0 amide bonds. The molecule has 1 aliphatic heterocycles. The van der Waals surface area contributed by atoms with Gasteiger partial charge in [-0.3, -0.25) is 4.90 Å². The minimum Gasteiger partial charge on any atom is -0.386 e. The third-order valence-corrected chi connectivity index (χ3v) is 5.20. The number of halogens is 2. The van der Waals surface area contributed by atoms with Crippen LogP contribution in [0, 0.1) is 0 Å². The molecule has 1 atom stereocenters. The third kappa shape index (κ3) is 3.30. The highest BCUT2D eigenvalue weighted by atomic mass is 35.5. The zero-order valence-corrected chi connectivity index (χ0v) is 13.7. The Bertz CT molecular complexity index is 454. The fraction of sp³-hybridized carbons (Fsp3) is 0.625. The number of hydrogen-bond acceptors (Lipinski definition) is 2. The van der Waals surface area contributed by atoms with Crippen LogP contribution in [-0.4, -0.2) is 28.6 Å². The van der Waals surface area contributed by atoms with Crippen molar-refractivity contribution in [3.05, 3.63) is 33.8 Å². The molecule has 4 heteroatoms. The first-order valence-electron chi connectivity index (χ1n) is 7.31. The van der Waals surface area contributed by atoms with Crippen molar-refractivity contribution in [1.82, 2.24) is 4.90 Å². The number of benzene rings is 1. The molecule has 0 aromatic heterocycles. The average molecular weight is 316 g/mol. The van der Waals surface area contributed by atoms with Gasteiger partial charge in [-0.05, 0) is 45.8 Å². The van der Waals surface area contributed by atoms with Gasteiger partial charge in [0.15, 0.2) is 0 Å². The SMILES string of the molecule is CC(C)(C(O)c1cccc(Cl)c1Cl)N1CCCCCC1. The molecular weight excluding hydrogens is 293 g/mol. The molecule has 1 saturated heterocycles. The monoisotopic (exact) mass is 315 g/mol. The molecule has 0 spiro atoms. The first-order valence-corrected chi connectivity index (χ1v) is 8.07. The quantitative estimate of drug-likeness (QED) is 0.875. The van der Waals surface area contributed by atoms with Gasteiger partial charge >= 0.3 is 0 Å². The van der Waals surface area contributed by atoms with E-state index >= 15 is 0 Å². The Morgan fingerprint density at radius 2 is 1.70 bits per heavy atom. The lowest BCUT2D eigenvalue weighted by Gasteiger charge is -2.42. The van der Waals surface area contributed by atoms with E-state index in [0.29, 0.717) is 15.6 Å². The van der Waals surface area contributed by atoms with Crippen molar-refractivity contribution in [1.29, 1.82) is 0 Å². The van der Waals surface area contributed by atoms with Crippen LogP contribution >= 0.6 is 23.2 Å². The first-order chi connectivity index (χ1) is 9.44. The second kappa shape index (κ2) is 6.65. The number of hydrogen-bond donors (Lipinski definition) is 1. The topological polar surface area (TPSA) is 23.5 Å². The Morgan fingerprint density at radius 1 is 1.10 bits per heavy atom. The maximum Gasteiger partial charge on any atom is 0.0983 e. The number of nitrogens with zero attached hydrogens (tertiary/aromatic N) is 1. The Hall–Kier alpha value is -0.280. The predicted octanol–water partition coefficient (Wildman–Crippen LogP) is 4.68. The molecule has 2 rings (SSSR count). The molecule has 0 radical (unpaired) electrons. The van der Waals surface area contributed by atoms with E-state index in [1.54, 1.807) is 6.07 Å². The molecule has 112 valence electrons.